The van der Waals surface area contributed by atoms with Crippen molar-refractivity contribution in [3.05, 3.63) is 35.9 Å². The number of rotatable bonds is 5. The third-order valence-corrected chi connectivity index (χ3v) is 3.71. The minimum atomic E-state index is -0.855. The van der Waals surface area contributed by atoms with Gasteiger partial charge in [-0.2, -0.15) is 0 Å². The van der Waals surface area contributed by atoms with Crippen LogP contribution in [0.1, 0.15) is 25.5 Å². The molecule has 1 aliphatic rings. The van der Waals surface area contributed by atoms with Crippen molar-refractivity contribution in [2.45, 2.75) is 25.4 Å². The van der Waals surface area contributed by atoms with Crippen molar-refractivity contribution in [3.8, 4) is 0 Å². The number of hydrogen-bond acceptors (Lipinski definition) is 4. The largest absolute Gasteiger partial charge is 0.379 e. The number of nitrogens with zero attached hydrogens (tertiary/aromatic N) is 1. The molecular formula is C16H25N3O2. The standard InChI is InChI=1S/C16H25N3O2/c1-16(2,17)15(20)18-12-14(13-6-4-3-5-7-13)19-8-10-21-11-9-19/h3-7,14H,8-12,17H2,1-2H3,(H,18,20). The Hall–Kier alpha value is -1.43. The average molecular weight is 291 g/mol. The van der Waals surface area contributed by atoms with E-state index in [0.717, 1.165) is 26.3 Å². The quantitative estimate of drug-likeness (QED) is 0.846. The van der Waals surface area contributed by atoms with Gasteiger partial charge >= 0.3 is 0 Å². The van der Waals surface area contributed by atoms with Gasteiger partial charge in [-0.25, -0.2) is 0 Å². The van der Waals surface area contributed by atoms with Gasteiger partial charge in [0.2, 0.25) is 5.91 Å². The number of morpholine rings is 1. The van der Waals surface area contributed by atoms with Crippen LogP contribution in [0.3, 0.4) is 0 Å². The predicted octanol–water partition coefficient (Wildman–Crippen LogP) is 0.913. The van der Waals surface area contributed by atoms with E-state index < -0.39 is 5.54 Å². The van der Waals surface area contributed by atoms with E-state index in [1.807, 2.05) is 18.2 Å². The first-order valence-electron chi connectivity index (χ1n) is 7.42. The molecule has 1 saturated heterocycles. The molecule has 1 heterocycles. The van der Waals surface area contributed by atoms with Crippen molar-refractivity contribution in [1.29, 1.82) is 0 Å². The van der Waals surface area contributed by atoms with Crippen LogP contribution in [0.5, 0.6) is 0 Å². The van der Waals surface area contributed by atoms with Crippen LogP contribution < -0.4 is 11.1 Å². The van der Waals surface area contributed by atoms with Gasteiger partial charge in [0.25, 0.3) is 0 Å². The van der Waals surface area contributed by atoms with Crippen molar-refractivity contribution < 1.29 is 9.53 Å². The van der Waals surface area contributed by atoms with Crippen LogP contribution in [0.2, 0.25) is 0 Å². The Balaban J connectivity index is 2.07. The van der Waals surface area contributed by atoms with Crippen LogP contribution in [0, 0.1) is 0 Å². The molecular weight excluding hydrogens is 266 g/mol. The molecule has 1 amide bonds. The zero-order valence-electron chi connectivity index (χ0n) is 12.8. The van der Waals surface area contributed by atoms with Crippen molar-refractivity contribution in [2.75, 3.05) is 32.8 Å². The van der Waals surface area contributed by atoms with Gasteiger partial charge < -0.3 is 15.8 Å². The summed E-state index contributed by atoms with van der Waals surface area (Å²) < 4.78 is 5.42. The molecule has 5 heteroatoms. The van der Waals surface area contributed by atoms with Crippen LogP contribution in [0.25, 0.3) is 0 Å². The molecule has 1 aromatic rings. The van der Waals surface area contributed by atoms with Gasteiger partial charge in [-0.1, -0.05) is 30.3 Å². The lowest BCUT2D eigenvalue weighted by atomic mass is 10.0. The third-order valence-electron chi connectivity index (χ3n) is 3.71. The molecule has 3 N–H and O–H groups in total. The lowest BCUT2D eigenvalue weighted by Crippen LogP contribution is -2.51. The highest BCUT2D eigenvalue weighted by molar-refractivity contribution is 5.85. The minimum absolute atomic E-state index is 0.128. The topological polar surface area (TPSA) is 67.6 Å². The minimum Gasteiger partial charge on any atom is -0.379 e. The van der Waals surface area contributed by atoms with E-state index in [4.69, 9.17) is 10.5 Å². The molecule has 1 fully saturated rings. The zero-order valence-corrected chi connectivity index (χ0v) is 12.8. The smallest absolute Gasteiger partial charge is 0.239 e. The average Bonchev–Trinajstić information content (AvgIpc) is 2.48. The van der Waals surface area contributed by atoms with E-state index in [2.05, 4.69) is 22.3 Å². The van der Waals surface area contributed by atoms with E-state index in [-0.39, 0.29) is 11.9 Å². The number of nitrogens with one attached hydrogen (secondary N) is 1. The van der Waals surface area contributed by atoms with Gasteiger partial charge in [0.15, 0.2) is 0 Å². The Kier molecular flexibility index (Phi) is 5.33. The highest BCUT2D eigenvalue weighted by Crippen LogP contribution is 2.21. The van der Waals surface area contributed by atoms with Crippen LogP contribution in [0.4, 0.5) is 0 Å². The van der Waals surface area contributed by atoms with E-state index in [0.29, 0.717) is 6.54 Å². The highest BCUT2D eigenvalue weighted by Gasteiger charge is 2.26. The van der Waals surface area contributed by atoms with E-state index >= 15 is 0 Å². The molecule has 0 radical (unpaired) electrons. The van der Waals surface area contributed by atoms with Gasteiger partial charge in [0.1, 0.15) is 0 Å². The van der Waals surface area contributed by atoms with E-state index in [9.17, 15) is 4.79 Å². The first-order valence-corrected chi connectivity index (χ1v) is 7.42. The van der Waals surface area contributed by atoms with Gasteiger partial charge in [-0.05, 0) is 19.4 Å². The van der Waals surface area contributed by atoms with Crippen molar-refractivity contribution >= 4 is 5.91 Å². The summed E-state index contributed by atoms with van der Waals surface area (Å²) in [6.07, 6.45) is 0. The molecule has 1 aliphatic heterocycles. The number of amides is 1. The fourth-order valence-corrected chi connectivity index (χ4v) is 2.44. The summed E-state index contributed by atoms with van der Waals surface area (Å²) in [5, 5.41) is 2.97. The Morgan fingerprint density at radius 2 is 1.95 bits per heavy atom. The molecule has 116 valence electrons. The summed E-state index contributed by atoms with van der Waals surface area (Å²) in [5.41, 5.74) is 6.19. The van der Waals surface area contributed by atoms with Crippen LogP contribution >= 0.6 is 0 Å². The van der Waals surface area contributed by atoms with Crippen molar-refractivity contribution in [2.24, 2.45) is 5.73 Å². The molecule has 0 aliphatic carbocycles. The summed E-state index contributed by atoms with van der Waals surface area (Å²) in [6.45, 7) is 7.22. The second-order valence-corrected chi connectivity index (χ2v) is 6.01. The number of nitrogens with two attached hydrogens (primary N) is 1. The lowest BCUT2D eigenvalue weighted by Gasteiger charge is -2.35. The van der Waals surface area contributed by atoms with Gasteiger partial charge in [-0.15, -0.1) is 0 Å². The number of ether oxygens (including phenoxy) is 1. The van der Waals surface area contributed by atoms with Crippen LogP contribution in [-0.2, 0) is 9.53 Å². The van der Waals surface area contributed by atoms with Gasteiger partial charge in [-0.3, -0.25) is 9.69 Å². The molecule has 0 aromatic heterocycles. The molecule has 1 atom stereocenters. The van der Waals surface area contributed by atoms with Crippen LogP contribution in [0.15, 0.2) is 30.3 Å². The second kappa shape index (κ2) is 7.02. The Bertz CT molecular complexity index is 450. The summed E-state index contributed by atoms with van der Waals surface area (Å²) in [4.78, 5) is 14.4. The molecule has 1 unspecified atom stereocenters. The molecule has 0 saturated carbocycles. The maximum absolute atomic E-state index is 12.0. The fraction of sp³-hybridized carbons (Fsp3) is 0.562. The predicted molar refractivity (Wildman–Crippen MR) is 82.9 cm³/mol. The van der Waals surface area contributed by atoms with Gasteiger partial charge in [0, 0.05) is 19.6 Å². The normalized spacial score (nSPS) is 18.2. The Morgan fingerprint density at radius 1 is 1.33 bits per heavy atom. The monoisotopic (exact) mass is 291 g/mol. The summed E-state index contributed by atoms with van der Waals surface area (Å²) in [7, 11) is 0. The first kappa shape index (κ1) is 15.9. The van der Waals surface area contributed by atoms with Gasteiger partial charge in [0.05, 0.1) is 24.8 Å². The fourth-order valence-electron chi connectivity index (χ4n) is 2.44. The highest BCUT2D eigenvalue weighted by atomic mass is 16.5. The maximum atomic E-state index is 12.0. The SMILES string of the molecule is CC(C)(N)C(=O)NCC(c1ccccc1)N1CCOCC1. The lowest BCUT2D eigenvalue weighted by molar-refractivity contribution is -0.125. The summed E-state index contributed by atoms with van der Waals surface area (Å²) in [6, 6.07) is 10.4. The van der Waals surface area contributed by atoms with Crippen molar-refractivity contribution in [3.63, 3.8) is 0 Å². The number of hydrogen-bond donors (Lipinski definition) is 2. The molecule has 0 bridgehead atoms. The Morgan fingerprint density at radius 3 is 2.52 bits per heavy atom. The summed E-state index contributed by atoms with van der Waals surface area (Å²) in [5.74, 6) is -0.128. The molecule has 0 spiro atoms. The number of carbonyl (C=O) groups excluding carboxylic acids is 1. The molecule has 21 heavy (non-hydrogen) atoms. The molecule has 5 nitrogen and oxygen atoms in total. The van der Waals surface area contributed by atoms with Crippen LogP contribution in [-0.4, -0.2) is 49.2 Å². The first-order chi connectivity index (χ1) is 9.98. The van der Waals surface area contributed by atoms with E-state index in [1.54, 1.807) is 13.8 Å². The molecule has 1 aromatic carbocycles. The maximum Gasteiger partial charge on any atom is 0.239 e. The third kappa shape index (κ3) is 4.52. The second-order valence-electron chi connectivity index (χ2n) is 6.01. The zero-order chi connectivity index (χ0) is 15.3. The van der Waals surface area contributed by atoms with Crippen molar-refractivity contribution in [1.82, 2.24) is 10.2 Å². The Labute approximate surface area is 126 Å². The molecule has 2 rings (SSSR count). The van der Waals surface area contributed by atoms with E-state index in [1.165, 1.54) is 5.56 Å². The summed E-state index contributed by atoms with van der Waals surface area (Å²) >= 11 is 0. The number of carbonyl (C=O) groups is 1. The number of benzene rings is 1.